The maximum absolute atomic E-state index is 12.0. The summed E-state index contributed by atoms with van der Waals surface area (Å²) in [5, 5.41) is 3.23. The van der Waals surface area contributed by atoms with E-state index in [0.29, 0.717) is 27.5 Å². The fraction of sp³-hybridized carbons (Fsp3) is 0.176. The predicted molar refractivity (Wildman–Crippen MR) is 98.7 cm³/mol. The Balaban J connectivity index is 1.48. The van der Waals surface area contributed by atoms with Gasteiger partial charge in [0.2, 0.25) is 0 Å². The molecule has 0 fully saturated rings. The van der Waals surface area contributed by atoms with Crippen molar-refractivity contribution in [3.63, 3.8) is 0 Å². The second-order valence-electron chi connectivity index (χ2n) is 5.34. The van der Waals surface area contributed by atoms with Gasteiger partial charge in [0.15, 0.2) is 13.2 Å². The molecule has 1 amide bonds. The molecule has 0 aliphatic carbocycles. The number of amides is 1. The Morgan fingerprint density at radius 1 is 1.19 bits per heavy atom. The van der Waals surface area contributed by atoms with Crippen LogP contribution in [0.1, 0.15) is 5.56 Å². The normalized spacial score (nSPS) is 10.5. The highest BCUT2D eigenvalue weighted by atomic mass is 35.5. The molecule has 1 N–H and O–H groups in total. The molecule has 7 nitrogen and oxygen atoms in total. The van der Waals surface area contributed by atoms with Crippen LogP contribution in [0.3, 0.4) is 0 Å². The minimum absolute atomic E-state index is 0.304. The van der Waals surface area contributed by atoms with Gasteiger partial charge in [0.1, 0.15) is 16.8 Å². The lowest BCUT2D eigenvalue weighted by atomic mass is 10.2. The predicted octanol–water partition coefficient (Wildman–Crippen LogP) is 3.21. The number of carbonyl (C=O) groups excluding carboxylic acids is 2. The lowest BCUT2D eigenvalue weighted by Gasteiger charge is -2.10. The Hall–Kier alpha value is -2.71. The molecule has 26 heavy (non-hydrogen) atoms. The molecule has 0 radical (unpaired) electrons. The number of benzene rings is 2. The molecule has 0 bridgehead atoms. The number of ether oxygens (including phenoxy) is 2. The van der Waals surface area contributed by atoms with Gasteiger partial charge in [-0.3, -0.25) is 4.79 Å². The highest BCUT2D eigenvalue weighted by Crippen LogP contribution is 2.22. The van der Waals surface area contributed by atoms with Crippen LogP contribution in [0.2, 0.25) is 5.02 Å². The number of aryl methyl sites for hydroxylation is 1. The Morgan fingerprint density at radius 2 is 2.04 bits per heavy atom. The maximum Gasteiger partial charge on any atom is 0.344 e. The first-order valence-corrected chi connectivity index (χ1v) is 8.69. The summed E-state index contributed by atoms with van der Waals surface area (Å²) in [6.45, 7) is 1.09. The Bertz CT molecular complexity index is 960. The van der Waals surface area contributed by atoms with Crippen molar-refractivity contribution in [1.82, 2.24) is 8.75 Å². The minimum Gasteiger partial charge on any atom is -0.482 e. The first-order chi connectivity index (χ1) is 12.5. The highest BCUT2D eigenvalue weighted by Gasteiger charge is 2.12. The molecule has 1 aromatic heterocycles. The third-order valence-electron chi connectivity index (χ3n) is 3.41. The van der Waals surface area contributed by atoms with Gasteiger partial charge in [-0.1, -0.05) is 17.7 Å². The number of rotatable bonds is 6. The molecular formula is C17H14ClN3O4S. The summed E-state index contributed by atoms with van der Waals surface area (Å²) in [4.78, 5) is 23.7. The smallest absolute Gasteiger partial charge is 0.344 e. The molecule has 9 heteroatoms. The van der Waals surface area contributed by atoms with E-state index in [1.807, 2.05) is 6.92 Å². The monoisotopic (exact) mass is 391 g/mol. The fourth-order valence-electron chi connectivity index (χ4n) is 2.19. The van der Waals surface area contributed by atoms with Crippen molar-refractivity contribution in [3.05, 3.63) is 47.0 Å². The number of hydrogen-bond donors (Lipinski definition) is 1. The molecule has 0 saturated carbocycles. The van der Waals surface area contributed by atoms with Gasteiger partial charge in [-0.25, -0.2) is 4.79 Å². The molecule has 0 spiro atoms. The summed E-state index contributed by atoms with van der Waals surface area (Å²) in [6, 6.07) is 10.3. The topological polar surface area (TPSA) is 90.4 Å². The van der Waals surface area contributed by atoms with E-state index in [1.165, 1.54) is 0 Å². The lowest BCUT2D eigenvalue weighted by Crippen LogP contribution is -2.23. The molecule has 3 rings (SSSR count). The summed E-state index contributed by atoms with van der Waals surface area (Å²) in [5.41, 5.74) is 2.61. The maximum atomic E-state index is 12.0. The molecule has 3 aromatic rings. The van der Waals surface area contributed by atoms with Crippen molar-refractivity contribution in [2.24, 2.45) is 0 Å². The van der Waals surface area contributed by atoms with Gasteiger partial charge in [-0.15, -0.1) is 0 Å². The van der Waals surface area contributed by atoms with Crippen LogP contribution >= 0.6 is 23.3 Å². The SMILES string of the molecule is Cc1cc(Cl)ccc1OCC(=O)OCC(=O)Nc1cccc2nsnc12. The van der Waals surface area contributed by atoms with Gasteiger partial charge in [0.05, 0.1) is 17.4 Å². The van der Waals surface area contributed by atoms with Gasteiger partial charge < -0.3 is 14.8 Å². The van der Waals surface area contributed by atoms with Gasteiger partial charge in [0, 0.05) is 5.02 Å². The second-order valence-corrected chi connectivity index (χ2v) is 6.31. The van der Waals surface area contributed by atoms with Gasteiger partial charge in [-0.2, -0.15) is 8.75 Å². The number of carbonyl (C=O) groups is 2. The summed E-state index contributed by atoms with van der Waals surface area (Å²) in [5.74, 6) is -0.594. The average molecular weight is 392 g/mol. The molecule has 0 unspecified atom stereocenters. The Kier molecular flexibility index (Phi) is 5.65. The van der Waals surface area contributed by atoms with E-state index in [2.05, 4.69) is 14.1 Å². The number of anilines is 1. The summed E-state index contributed by atoms with van der Waals surface area (Å²) in [7, 11) is 0. The fourth-order valence-corrected chi connectivity index (χ4v) is 2.97. The van der Waals surface area contributed by atoms with E-state index >= 15 is 0 Å². The summed E-state index contributed by atoms with van der Waals surface area (Å²) >= 11 is 6.92. The molecule has 0 aliphatic rings. The standard InChI is InChI=1S/C17H14ClN3O4S/c1-10-7-11(18)5-6-14(10)24-9-16(23)25-8-15(22)19-12-3-2-4-13-17(12)21-26-20-13/h2-7H,8-9H2,1H3,(H,19,22). The number of nitrogens with zero attached hydrogens (tertiary/aromatic N) is 2. The van der Waals surface area contributed by atoms with E-state index in [1.54, 1.807) is 36.4 Å². The third-order valence-corrected chi connectivity index (χ3v) is 4.18. The van der Waals surface area contributed by atoms with Crippen LogP contribution in [0, 0.1) is 6.92 Å². The number of esters is 1. The molecular weight excluding hydrogens is 378 g/mol. The molecule has 0 aliphatic heterocycles. The molecule has 0 atom stereocenters. The van der Waals surface area contributed by atoms with Crippen LogP contribution in [0.15, 0.2) is 36.4 Å². The Labute approximate surface area is 158 Å². The lowest BCUT2D eigenvalue weighted by molar-refractivity contribution is -0.149. The number of aromatic nitrogens is 2. The first-order valence-electron chi connectivity index (χ1n) is 7.58. The van der Waals surface area contributed by atoms with E-state index in [4.69, 9.17) is 21.1 Å². The molecule has 1 heterocycles. The first kappa shape index (κ1) is 18.1. The summed E-state index contributed by atoms with van der Waals surface area (Å²) in [6.07, 6.45) is 0. The quantitative estimate of drug-likeness (QED) is 0.649. The van der Waals surface area contributed by atoms with Gasteiger partial charge in [0.25, 0.3) is 5.91 Å². The van der Waals surface area contributed by atoms with Gasteiger partial charge >= 0.3 is 5.97 Å². The van der Waals surface area contributed by atoms with Crippen molar-refractivity contribution in [3.8, 4) is 5.75 Å². The van der Waals surface area contributed by atoms with E-state index in [0.717, 1.165) is 17.3 Å². The van der Waals surface area contributed by atoms with E-state index < -0.39 is 18.5 Å². The zero-order valence-corrected chi connectivity index (χ0v) is 15.3. The second kappa shape index (κ2) is 8.11. The van der Waals surface area contributed by atoms with Crippen LogP contribution < -0.4 is 10.1 Å². The van der Waals surface area contributed by atoms with Crippen LogP contribution in [0.25, 0.3) is 11.0 Å². The highest BCUT2D eigenvalue weighted by molar-refractivity contribution is 7.00. The Morgan fingerprint density at radius 3 is 2.85 bits per heavy atom. The van der Waals surface area contributed by atoms with Crippen molar-refractivity contribution in [1.29, 1.82) is 0 Å². The number of hydrogen-bond acceptors (Lipinski definition) is 7. The van der Waals surface area contributed by atoms with Crippen LogP contribution in [-0.4, -0.2) is 33.8 Å². The largest absolute Gasteiger partial charge is 0.482 e. The molecule has 2 aromatic carbocycles. The van der Waals surface area contributed by atoms with E-state index in [9.17, 15) is 9.59 Å². The van der Waals surface area contributed by atoms with Crippen molar-refractivity contribution in [2.75, 3.05) is 18.5 Å². The zero-order chi connectivity index (χ0) is 18.5. The summed E-state index contributed by atoms with van der Waals surface area (Å²) < 4.78 is 18.5. The van der Waals surface area contributed by atoms with Crippen molar-refractivity contribution < 1.29 is 19.1 Å². The molecule has 134 valence electrons. The number of fused-ring (bicyclic) bond motifs is 1. The molecule has 0 saturated heterocycles. The average Bonchev–Trinajstić information content (AvgIpc) is 3.09. The van der Waals surface area contributed by atoms with Crippen molar-refractivity contribution in [2.45, 2.75) is 6.92 Å². The van der Waals surface area contributed by atoms with E-state index in [-0.39, 0.29) is 6.61 Å². The number of nitrogens with one attached hydrogen (secondary N) is 1. The zero-order valence-electron chi connectivity index (χ0n) is 13.7. The van der Waals surface area contributed by atoms with Crippen molar-refractivity contribution >= 4 is 51.9 Å². The van der Waals surface area contributed by atoms with Crippen LogP contribution in [-0.2, 0) is 14.3 Å². The number of halogens is 1. The third kappa shape index (κ3) is 4.47. The van der Waals surface area contributed by atoms with Gasteiger partial charge in [-0.05, 0) is 42.8 Å². The minimum atomic E-state index is -0.650. The van der Waals surface area contributed by atoms with Crippen LogP contribution in [0.4, 0.5) is 5.69 Å². The van der Waals surface area contributed by atoms with Crippen LogP contribution in [0.5, 0.6) is 5.75 Å².